The molecule has 10 rings (SSSR count). The highest BCUT2D eigenvalue weighted by molar-refractivity contribution is 7.91. The van der Waals surface area contributed by atoms with Crippen LogP contribution in [0.2, 0.25) is 0 Å². The van der Waals surface area contributed by atoms with Crippen LogP contribution in [0.5, 0.6) is 23.3 Å². The average Bonchev–Trinajstić information content (AvgIpc) is 1.60. The number of hydrogen-bond acceptors (Lipinski definition) is 18. The van der Waals surface area contributed by atoms with E-state index < -0.39 is 107 Å². The summed E-state index contributed by atoms with van der Waals surface area (Å²) < 4.78 is 83.2. The Balaban J connectivity index is 0.000000238. The molecule has 2 aliphatic heterocycles. The van der Waals surface area contributed by atoms with E-state index in [-0.39, 0.29) is 63.4 Å². The van der Waals surface area contributed by atoms with Gasteiger partial charge in [-0.1, -0.05) is 39.8 Å². The number of Topliss-reactive ketones (excluding diaryl/α,β-unsaturated/α-hetero) is 2. The number of nitrogens with zero attached hydrogens (tertiary/aromatic N) is 4. The summed E-state index contributed by atoms with van der Waals surface area (Å²) in [5.41, 5.74) is -3.14. The van der Waals surface area contributed by atoms with E-state index in [1.165, 1.54) is 16.8 Å². The third-order valence-electron chi connectivity index (χ3n) is 17.5. The molecule has 6 aliphatic rings. The highest BCUT2D eigenvalue weighted by Gasteiger charge is 2.63. The summed E-state index contributed by atoms with van der Waals surface area (Å²) in [5.74, 6) is -1.04. The number of ketones is 2. The highest BCUT2D eigenvalue weighted by atomic mass is 32.2. The second kappa shape index (κ2) is 25.9. The number of rotatable bonds is 24. The predicted octanol–water partition coefficient (Wildman–Crippen LogP) is 7.38. The fourth-order valence-corrected chi connectivity index (χ4v) is 14.5. The van der Waals surface area contributed by atoms with Gasteiger partial charge in [0.2, 0.25) is 49.5 Å². The summed E-state index contributed by atoms with van der Waals surface area (Å²) in [6.45, 7) is 17.0. The van der Waals surface area contributed by atoms with E-state index in [9.17, 15) is 45.6 Å². The van der Waals surface area contributed by atoms with Gasteiger partial charge in [0.1, 0.15) is 35.3 Å². The third-order valence-corrected chi connectivity index (χ3v) is 21.1. The number of methoxy groups -OCH3 is 2. The molecule has 0 spiro atoms. The summed E-state index contributed by atoms with van der Waals surface area (Å²) in [5, 5.41) is 5.41. The first-order valence-electron chi connectivity index (χ1n) is 29.3. The molecule has 3 unspecified atom stereocenters. The molecule has 6 fully saturated rings. The quantitative estimate of drug-likeness (QED) is 0.0577. The summed E-state index contributed by atoms with van der Waals surface area (Å²) >= 11 is 0. The third kappa shape index (κ3) is 14.5. The van der Waals surface area contributed by atoms with Crippen molar-refractivity contribution in [3.63, 3.8) is 0 Å². The van der Waals surface area contributed by atoms with Crippen molar-refractivity contribution in [2.75, 3.05) is 34.4 Å². The van der Waals surface area contributed by atoms with Gasteiger partial charge in [0.05, 0.1) is 54.2 Å². The second-order valence-corrected chi connectivity index (χ2v) is 28.7. The van der Waals surface area contributed by atoms with Crippen LogP contribution in [0.4, 0.5) is 4.79 Å². The number of benzene rings is 2. The molecular formula is C63H83N7O15S2. The molecular weight excluding hydrogens is 1160 g/mol. The number of amides is 4. The Labute approximate surface area is 510 Å². The molecule has 3 N–H and O–H groups in total. The van der Waals surface area contributed by atoms with Gasteiger partial charge in [-0.15, -0.1) is 13.2 Å². The van der Waals surface area contributed by atoms with Crippen LogP contribution < -0.4 is 33.7 Å². The number of likely N-dealkylation sites (tertiary alicyclic amines) is 1. The van der Waals surface area contributed by atoms with Crippen molar-refractivity contribution in [3.05, 3.63) is 86.2 Å². The minimum atomic E-state index is -3.85. The van der Waals surface area contributed by atoms with Crippen molar-refractivity contribution in [1.29, 1.82) is 0 Å². The molecule has 4 heterocycles. The average molecular weight is 1240 g/mol. The molecule has 0 bridgehead atoms. The van der Waals surface area contributed by atoms with Crippen molar-refractivity contribution < 1.29 is 69.3 Å². The molecule has 87 heavy (non-hydrogen) atoms. The maximum absolute atomic E-state index is 14.6. The van der Waals surface area contributed by atoms with Gasteiger partial charge in [-0.3, -0.25) is 38.3 Å². The van der Waals surface area contributed by atoms with E-state index >= 15 is 0 Å². The van der Waals surface area contributed by atoms with Gasteiger partial charge >= 0.3 is 6.09 Å². The standard InChI is InChI=1S/C37H50N4O9S.C25H29N3O6S.CH4/c1-9-22(3)31(40(7)35(45)50-36(4,5)6)33(43)41-21-26(49-32-28-14-11-25(48-8)17-23(28)15-16-38-32)18-29(41)30(42)20-37(19-24(37)10-2)34(44)39-51(46,47)27-12-13-27;1-3-16-12-25(16,24(30)28-35(31,32)19-5-6-19)13-22(29)21-11-18(14-27-21)34-23-20-7-4-17(33-2)10-15(20)8-9-26-23;/h10-11,14-17,22,24,26-27,29,31H,2,9,12-13,18-21H2,1,3-8H3,(H,39,44);3-4,7-10,16,18-19,21,27H,1,5-6,11-14H2,2H3,(H,28,30);1H4/t22-,24+,26?,29-,31?,37+;16-,18?,21+,25-;/m01./s1. The van der Waals surface area contributed by atoms with E-state index in [0.29, 0.717) is 74.4 Å². The van der Waals surface area contributed by atoms with Crippen LogP contribution in [0.15, 0.2) is 86.2 Å². The van der Waals surface area contributed by atoms with Crippen LogP contribution in [0, 0.1) is 28.6 Å². The van der Waals surface area contributed by atoms with Crippen LogP contribution >= 0.6 is 0 Å². The Kier molecular flexibility index (Phi) is 19.6. The van der Waals surface area contributed by atoms with Crippen LogP contribution in [-0.4, -0.2) is 153 Å². The largest absolute Gasteiger partial charge is 0.497 e. The van der Waals surface area contributed by atoms with Gasteiger partial charge in [0.25, 0.3) is 0 Å². The number of allylic oxidation sites excluding steroid dienone is 2. The lowest BCUT2D eigenvalue weighted by Gasteiger charge is -2.36. The SMILES string of the molecule is C.C=C[C@@H]1C[C@]1(CC(=O)[C@@H]1CC(Oc2nccc3cc(OC)ccc23)CN1)C(=O)NS(=O)(=O)C1CC1.C=C[C@@H]1C[C@]1(CC(=O)[C@@H]1CC(Oc2nccc3cc(OC)ccc23)CN1C(=O)C([C@@H](C)CC)N(C)C(=O)OC(C)(C)C)C(=O)NS(=O)(=O)C1CC1. The lowest BCUT2D eigenvalue weighted by molar-refractivity contribution is -0.144. The lowest BCUT2D eigenvalue weighted by atomic mass is 9.91. The molecule has 2 saturated heterocycles. The summed E-state index contributed by atoms with van der Waals surface area (Å²) in [6.07, 6.45) is 8.39. The van der Waals surface area contributed by atoms with Crippen molar-refractivity contribution in [2.45, 2.75) is 159 Å². The molecule has 10 atom stereocenters. The summed E-state index contributed by atoms with van der Waals surface area (Å²) in [7, 11) is -2.83. The molecule has 2 aromatic carbocycles. The van der Waals surface area contributed by atoms with Crippen LogP contribution in [-0.2, 0) is 48.8 Å². The van der Waals surface area contributed by atoms with Crippen LogP contribution in [0.1, 0.15) is 113 Å². The number of ether oxygens (including phenoxy) is 5. The number of likely N-dealkylation sites (N-methyl/N-ethyl adjacent to an activating group) is 1. The highest BCUT2D eigenvalue weighted by Crippen LogP contribution is 2.58. The van der Waals surface area contributed by atoms with Crippen LogP contribution in [0.25, 0.3) is 21.5 Å². The van der Waals surface area contributed by atoms with Crippen molar-refractivity contribution in [1.82, 2.24) is 34.5 Å². The molecule has 2 aromatic heterocycles. The molecule has 22 nitrogen and oxygen atoms in total. The van der Waals surface area contributed by atoms with E-state index in [0.717, 1.165) is 21.9 Å². The molecule has 4 aliphatic carbocycles. The number of pyridine rings is 2. The predicted molar refractivity (Wildman–Crippen MR) is 327 cm³/mol. The number of carbonyl (C=O) groups excluding carboxylic acids is 6. The van der Waals surface area contributed by atoms with E-state index in [4.69, 9.17) is 23.7 Å². The van der Waals surface area contributed by atoms with Gasteiger partial charge in [0, 0.05) is 62.4 Å². The Morgan fingerprint density at radius 1 is 0.759 bits per heavy atom. The Hall–Kier alpha value is -7.18. The number of carbonyl (C=O) groups is 6. The Morgan fingerprint density at radius 3 is 1.68 bits per heavy atom. The zero-order chi connectivity index (χ0) is 62.3. The first-order valence-corrected chi connectivity index (χ1v) is 32.4. The van der Waals surface area contributed by atoms with E-state index in [2.05, 4.69) is 37.9 Å². The fraction of sp³-hybridized carbons (Fsp3) is 0.556. The first kappa shape index (κ1) is 65.8. The smallest absolute Gasteiger partial charge is 0.410 e. The molecule has 472 valence electrons. The minimum Gasteiger partial charge on any atom is -0.497 e. The van der Waals surface area contributed by atoms with Gasteiger partial charge < -0.3 is 33.9 Å². The molecule has 24 heteroatoms. The van der Waals surface area contributed by atoms with Gasteiger partial charge in [-0.2, -0.15) is 0 Å². The Bertz CT molecular complexity index is 3550. The number of sulfonamides is 2. The molecule has 0 radical (unpaired) electrons. The first-order chi connectivity index (χ1) is 40.7. The second-order valence-electron chi connectivity index (χ2n) is 24.8. The normalized spacial score (nSPS) is 25.4. The summed E-state index contributed by atoms with van der Waals surface area (Å²) in [6, 6.07) is 12.3. The van der Waals surface area contributed by atoms with Gasteiger partial charge in [0.15, 0.2) is 11.6 Å². The molecule has 4 aromatic rings. The zero-order valence-corrected chi connectivity index (χ0v) is 51.7. The molecule has 4 amide bonds. The van der Waals surface area contributed by atoms with Gasteiger partial charge in [-0.25, -0.2) is 31.6 Å². The fourth-order valence-electron chi connectivity index (χ4n) is 11.7. The Morgan fingerprint density at radius 2 is 1.24 bits per heavy atom. The zero-order valence-electron chi connectivity index (χ0n) is 50.0. The number of aromatic nitrogens is 2. The lowest BCUT2D eigenvalue weighted by Crippen LogP contribution is -2.55. The maximum Gasteiger partial charge on any atom is 0.410 e. The number of fused-ring (bicyclic) bond motifs is 2. The molecule has 4 saturated carbocycles. The number of hydrogen-bond donors (Lipinski definition) is 3. The number of nitrogens with one attached hydrogen (secondary N) is 3. The monoisotopic (exact) mass is 1240 g/mol. The van der Waals surface area contributed by atoms with E-state index in [1.807, 2.05) is 56.3 Å². The van der Waals surface area contributed by atoms with Gasteiger partial charge in [-0.05, 0) is 136 Å². The van der Waals surface area contributed by atoms with Crippen molar-refractivity contribution >= 4 is 77.0 Å². The van der Waals surface area contributed by atoms with Crippen molar-refractivity contribution in [2.24, 2.45) is 28.6 Å². The topological polar surface area (TPSA) is 285 Å². The maximum atomic E-state index is 14.6. The van der Waals surface area contributed by atoms with Crippen molar-refractivity contribution in [3.8, 4) is 23.3 Å². The summed E-state index contributed by atoms with van der Waals surface area (Å²) in [4.78, 5) is 93.4. The van der Waals surface area contributed by atoms with Crippen LogP contribution in [0.3, 0.4) is 0 Å². The van der Waals surface area contributed by atoms with E-state index in [1.54, 1.807) is 65.6 Å². The minimum absolute atomic E-state index is 0.